The molecule has 1 atom stereocenters. The third-order valence-electron chi connectivity index (χ3n) is 3.35. The van der Waals surface area contributed by atoms with Crippen LogP contribution < -0.4 is 5.32 Å². The first-order valence-corrected chi connectivity index (χ1v) is 6.63. The molecule has 0 aliphatic carbocycles. The molecule has 3 heteroatoms. The Morgan fingerprint density at radius 2 is 2.18 bits per heavy atom. The highest BCUT2D eigenvalue weighted by molar-refractivity contribution is 5.07. The molecule has 0 bridgehead atoms. The van der Waals surface area contributed by atoms with E-state index < -0.39 is 0 Å². The minimum Gasteiger partial charge on any atom is -0.316 e. The highest BCUT2D eigenvalue weighted by Crippen LogP contribution is 2.25. The minimum atomic E-state index is 0.331. The summed E-state index contributed by atoms with van der Waals surface area (Å²) in [6.07, 6.45) is 6.39. The summed E-state index contributed by atoms with van der Waals surface area (Å²) >= 11 is 0. The van der Waals surface area contributed by atoms with Gasteiger partial charge in [-0.3, -0.25) is 4.68 Å². The van der Waals surface area contributed by atoms with Crippen LogP contribution in [-0.2, 0) is 13.5 Å². The van der Waals surface area contributed by atoms with Crippen molar-refractivity contribution in [2.45, 2.75) is 40.5 Å². The number of aryl methyl sites for hydroxylation is 1. The van der Waals surface area contributed by atoms with Gasteiger partial charge in [0.05, 0.1) is 6.20 Å². The maximum Gasteiger partial charge on any atom is 0.0521 e. The Morgan fingerprint density at radius 1 is 1.47 bits per heavy atom. The lowest BCUT2D eigenvalue weighted by molar-refractivity contribution is 0.285. The summed E-state index contributed by atoms with van der Waals surface area (Å²) in [5, 5.41) is 7.82. The average Bonchev–Trinajstić information content (AvgIpc) is 2.63. The van der Waals surface area contributed by atoms with Crippen molar-refractivity contribution < 1.29 is 0 Å². The molecule has 1 heterocycles. The normalized spacial score (nSPS) is 15.2. The van der Waals surface area contributed by atoms with E-state index in [9.17, 15) is 0 Å². The zero-order chi connectivity index (χ0) is 12.9. The molecule has 0 spiro atoms. The quantitative estimate of drug-likeness (QED) is 0.790. The summed E-state index contributed by atoms with van der Waals surface area (Å²) in [5.74, 6) is 0.717. The number of nitrogens with zero attached hydrogens (tertiary/aromatic N) is 2. The zero-order valence-corrected chi connectivity index (χ0v) is 12.0. The maximum atomic E-state index is 4.24. The highest BCUT2D eigenvalue weighted by atomic mass is 15.2. The molecule has 0 saturated carbocycles. The van der Waals surface area contributed by atoms with Crippen molar-refractivity contribution in [3.05, 3.63) is 18.0 Å². The molecule has 1 unspecified atom stereocenters. The van der Waals surface area contributed by atoms with Crippen molar-refractivity contribution in [1.29, 1.82) is 0 Å². The minimum absolute atomic E-state index is 0.331. The van der Waals surface area contributed by atoms with E-state index in [2.05, 4.69) is 44.3 Å². The second-order valence-corrected chi connectivity index (χ2v) is 5.89. The molecule has 0 radical (unpaired) electrons. The molecule has 1 aromatic rings. The van der Waals surface area contributed by atoms with Gasteiger partial charge in [0.15, 0.2) is 0 Å². The predicted molar refractivity (Wildman–Crippen MR) is 73.0 cm³/mol. The van der Waals surface area contributed by atoms with E-state index in [-0.39, 0.29) is 0 Å². The van der Waals surface area contributed by atoms with Gasteiger partial charge in [-0.15, -0.1) is 0 Å². The van der Waals surface area contributed by atoms with Crippen molar-refractivity contribution in [2.75, 3.05) is 13.1 Å². The summed E-state index contributed by atoms with van der Waals surface area (Å²) in [4.78, 5) is 0. The number of nitrogens with one attached hydrogen (secondary N) is 1. The Morgan fingerprint density at radius 3 is 2.65 bits per heavy atom. The lowest BCUT2D eigenvalue weighted by Gasteiger charge is -2.28. The topological polar surface area (TPSA) is 29.9 Å². The SMILES string of the molecule is CCC(C)(CNCC(C)C)Cc1cnn(C)c1. The average molecular weight is 237 g/mol. The van der Waals surface area contributed by atoms with Crippen LogP contribution in [0.1, 0.15) is 39.7 Å². The Labute approximate surface area is 106 Å². The van der Waals surface area contributed by atoms with E-state index in [1.165, 1.54) is 12.0 Å². The number of hydrogen-bond acceptors (Lipinski definition) is 2. The molecule has 3 nitrogen and oxygen atoms in total. The first-order valence-electron chi connectivity index (χ1n) is 6.63. The van der Waals surface area contributed by atoms with Crippen molar-refractivity contribution in [3.8, 4) is 0 Å². The fourth-order valence-electron chi connectivity index (χ4n) is 2.03. The van der Waals surface area contributed by atoms with Crippen LogP contribution in [-0.4, -0.2) is 22.9 Å². The number of rotatable bonds is 7. The Kier molecular flexibility index (Phi) is 5.19. The molecular formula is C14H27N3. The Balaban J connectivity index is 2.50. The maximum absolute atomic E-state index is 4.24. The molecule has 1 rings (SSSR count). The van der Waals surface area contributed by atoms with E-state index in [4.69, 9.17) is 0 Å². The van der Waals surface area contributed by atoms with E-state index in [1.54, 1.807) is 0 Å². The van der Waals surface area contributed by atoms with Crippen molar-refractivity contribution in [3.63, 3.8) is 0 Å². The van der Waals surface area contributed by atoms with Gasteiger partial charge < -0.3 is 5.32 Å². The fraction of sp³-hybridized carbons (Fsp3) is 0.786. The van der Waals surface area contributed by atoms with Gasteiger partial charge in [0.2, 0.25) is 0 Å². The standard InChI is InChI=1S/C14H27N3/c1-6-14(4,11-15-8-12(2)3)7-13-9-16-17(5)10-13/h9-10,12,15H,6-8,11H2,1-5H3. The van der Waals surface area contributed by atoms with Crippen LogP contribution in [0.3, 0.4) is 0 Å². The van der Waals surface area contributed by atoms with Gasteiger partial charge >= 0.3 is 0 Å². The first kappa shape index (κ1) is 14.2. The Hall–Kier alpha value is -0.830. The van der Waals surface area contributed by atoms with Gasteiger partial charge in [-0.2, -0.15) is 5.10 Å². The number of aromatic nitrogens is 2. The first-order chi connectivity index (χ1) is 7.95. The Bertz CT molecular complexity index is 330. The zero-order valence-electron chi connectivity index (χ0n) is 12.0. The van der Waals surface area contributed by atoms with E-state index in [0.29, 0.717) is 5.41 Å². The van der Waals surface area contributed by atoms with Crippen LogP contribution in [0.2, 0.25) is 0 Å². The van der Waals surface area contributed by atoms with Crippen LogP contribution in [0, 0.1) is 11.3 Å². The molecule has 0 aliphatic rings. The lowest BCUT2D eigenvalue weighted by atomic mass is 9.82. The molecule has 1 aromatic heterocycles. The lowest BCUT2D eigenvalue weighted by Crippen LogP contribution is -2.35. The smallest absolute Gasteiger partial charge is 0.0521 e. The van der Waals surface area contributed by atoms with Crippen molar-refractivity contribution in [1.82, 2.24) is 15.1 Å². The van der Waals surface area contributed by atoms with Gasteiger partial charge in [0.25, 0.3) is 0 Å². The molecule has 0 aromatic carbocycles. The van der Waals surface area contributed by atoms with Gasteiger partial charge in [0, 0.05) is 19.8 Å². The van der Waals surface area contributed by atoms with E-state index in [1.807, 2.05) is 17.9 Å². The second kappa shape index (κ2) is 6.20. The highest BCUT2D eigenvalue weighted by Gasteiger charge is 2.22. The number of hydrogen-bond donors (Lipinski definition) is 1. The molecule has 0 fully saturated rings. The molecule has 0 amide bonds. The van der Waals surface area contributed by atoms with E-state index >= 15 is 0 Å². The molecule has 1 N–H and O–H groups in total. The molecule has 98 valence electrons. The van der Waals surface area contributed by atoms with Gasteiger partial charge in [-0.25, -0.2) is 0 Å². The van der Waals surface area contributed by atoms with Gasteiger partial charge in [-0.1, -0.05) is 27.7 Å². The van der Waals surface area contributed by atoms with Crippen LogP contribution in [0.25, 0.3) is 0 Å². The van der Waals surface area contributed by atoms with Crippen LogP contribution in [0.4, 0.5) is 0 Å². The molecule has 0 saturated heterocycles. The van der Waals surface area contributed by atoms with Crippen LogP contribution in [0.5, 0.6) is 0 Å². The van der Waals surface area contributed by atoms with Crippen LogP contribution >= 0.6 is 0 Å². The summed E-state index contributed by atoms with van der Waals surface area (Å²) < 4.78 is 1.88. The molecule has 0 aliphatic heterocycles. The second-order valence-electron chi connectivity index (χ2n) is 5.89. The predicted octanol–water partition coefficient (Wildman–Crippen LogP) is 2.62. The van der Waals surface area contributed by atoms with E-state index in [0.717, 1.165) is 25.4 Å². The third kappa shape index (κ3) is 4.90. The fourth-order valence-corrected chi connectivity index (χ4v) is 2.03. The van der Waals surface area contributed by atoms with Crippen LogP contribution in [0.15, 0.2) is 12.4 Å². The van der Waals surface area contributed by atoms with Crippen molar-refractivity contribution >= 4 is 0 Å². The molecule has 17 heavy (non-hydrogen) atoms. The van der Waals surface area contributed by atoms with Crippen molar-refractivity contribution in [2.24, 2.45) is 18.4 Å². The summed E-state index contributed by atoms with van der Waals surface area (Å²) in [5.41, 5.74) is 1.67. The van der Waals surface area contributed by atoms with Gasteiger partial charge in [0.1, 0.15) is 0 Å². The largest absolute Gasteiger partial charge is 0.316 e. The third-order valence-corrected chi connectivity index (χ3v) is 3.35. The summed E-state index contributed by atoms with van der Waals surface area (Å²) in [6, 6.07) is 0. The summed E-state index contributed by atoms with van der Waals surface area (Å²) in [6.45, 7) is 11.3. The van der Waals surface area contributed by atoms with Gasteiger partial charge in [-0.05, 0) is 36.3 Å². The summed E-state index contributed by atoms with van der Waals surface area (Å²) in [7, 11) is 1.98. The molecular weight excluding hydrogens is 210 g/mol. The monoisotopic (exact) mass is 237 g/mol.